The molecular formula is C27H29N3O4S. The summed E-state index contributed by atoms with van der Waals surface area (Å²) in [5.41, 5.74) is 4.53. The van der Waals surface area contributed by atoms with Crippen molar-refractivity contribution in [3.8, 4) is 0 Å². The van der Waals surface area contributed by atoms with Gasteiger partial charge in [-0.2, -0.15) is 4.31 Å². The molecule has 1 heterocycles. The molecular weight excluding hydrogens is 462 g/mol. The molecule has 8 heteroatoms. The van der Waals surface area contributed by atoms with Crippen LogP contribution in [0, 0.1) is 6.92 Å². The van der Waals surface area contributed by atoms with Gasteiger partial charge in [-0.15, -0.1) is 0 Å². The summed E-state index contributed by atoms with van der Waals surface area (Å²) in [5, 5.41) is 5.58. The third-order valence-electron chi connectivity index (χ3n) is 6.10. The first-order chi connectivity index (χ1) is 16.7. The molecule has 0 bridgehead atoms. The summed E-state index contributed by atoms with van der Waals surface area (Å²) < 4.78 is 28.7. The molecule has 0 spiro atoms. The third-order valence-corrected chi connectivity index (χ3v) is 8.02. The molecule has 2 amide bonds. The number of benzene rings is 3. The largest absolute Gasteiger partial charge is 0.352 e. The maximum Gasteiger partial charge on any atom is 0.243 e. The number of nitrogens with one attached hydrogen (secondary N) is 2. The van der Waals surface area contributed by atoms with Crippen molar-refractivity contribution in [3.05, 3.63) is 95.1 Å². The lowest BCUT2D eigenvalue weighted by Gasteiger charge is -2.36. The minimum Gasteiger partial charge on any atom is -0.352 e. The first-order valence-electron chi connectivity index (χ1n) is 11.5. The Hall–Kier alpha value is -3.49. The quantitative estimate of drug-likeness (QED) is 0.523. The number of anilines is 1. The molecule has 0 saturated heterocycles. The zero-order chi connectivity index (χ0) is 25.0. The Labute approximate surface area is 206 Å². The number of rotatable bonds is 7. The fourth-order valence-electron chi connectivity index (χ4n) is 4.45. The van der Waals surface area contributed by atoms with Crippen LogP contribution < -0.4 is 10.6 Å². The minimum absolute atomic E-state index is 0.0199. The van der Waals surface area contributed by atoms with Crippen LogP contribution in [0.3, 0.4) is 0 Å². The van der Waals surface area contributed by atoms with Crippen molar-refractivity contribution in [1.29, 1.82) is 0 Å². The van der Waals surface area contributed by atoms with E-state index in [-0.39, 0.29) is 29.7 Å². The lowest BCUT2D eigenvalue weighted by Crippen LogP contribution is -2.42. The third kappa shape index (κ3) is 5.78. The first-order valence-corrected chi connectivity index (χ1v) is 13.0. The van der Waals surface area contributed by atoms with Crippen LogP contribution in [0.4, 0.5) is 5.69 Å². The van der Waals surface area contributed by atoms with Crippen molar-refractivity contribution < 1.29 is 18.0 Å². The van der Waals surface area contributed by atoms with E-state index in [0.29, 0.717) is 18.7 Å². The molecule has 0 saturated carbocycles. The monoisotopic (exact) mass is 491 g/mol. The van der Waals surface area contributed by atoms with Gasteiger partial charge in [0.25, 0.3) is 0 Å². The molecule has 1 aliphatic heterocycles. The molecule has 0 fully saturated rings. The highest BCUT2D eigenvalue weighted by Crippen LogP contribution is 2.36. The van der Waals surface area contributed by atoms with Crippen molar-refractivity contribution in [3.63, 3.8) is 0 Å². The standard InChI is InChI=1S/C27H29N3O4S/c1-19-6-5-7-21(16-19)18-28-27(32)17-26-25-9-4-3-8-22(25)14-15-30(26)35(33,34)24-12-10-23(11-13-24)29-20(2)31/h3-13,16,26H,14-15,17-18H2,1-2H3,(H,28,32)(H,29,31)/t26-/m0/s1. The Balaban J connectivity index is 1.58. The van der Waals surface area contributed by atoms with Crippen molar-refractivity contribution in [2.24, 2.45) is 0 Å². The van der Waals surface area contributed by atoms with Crippen molar-refractivity contribution in [2.45, 2.75) is 44.2 Å². The second-order valence-electron chi connectivity index (χ2n) is 8.76. The number of carbonyl (C=O) groups excluding carboxylic acids is 2. The van der Waals surface area contributed by atoms with E-state index in [0.717, 1.165) is 22.3 Å². The highest BCUT2D eigenvalue weighted by atomic mass is 32.2. The number of aryl methyl sites for hydroxylation is 1. The average Bonchev–Trinajstić information content (AvgIpc) is 2.83. The summed E-state index contributed by atoms with van der Waals surface area (Å²) in [5.74, 6) is -0.445. The molecule has 0 aliphatic carbocycles. The van der Waals surface area contributed by atoms with Crippen LogP contribution in [-0.2, 0) is 32.6 Å². The Morgan fingerprint density at radius 1 is 1.00 bits per heavy atom. The topological polar surface area (TPSA) is 95.6 Å². The van der Waals surface area contributed by atoms with Gasteiger partial charge in [0.15, 0.2) is 0 Å². The van der Waals surface area contributed by atoms with Gasteiger partial charge in [-0.05, 0) is 54.3 Å². The number of sulfonamides is 1. The summed E-state index contributed by atoms with van der Waals surface area (Å²) in [6.07, 6.45) is 0.590. The Morgan fingerprint density at radius 2 is 1.74 bits per heavy atom. The van der Waals surface area contributed by atoms with E-state index >= 15 is 0 Å². The smallest absolute Gasteiger partial charge is 0.243 e. The van der Waals surface area contributed by atoms with Crippen LogP contribution in [-0.4, -0.2) is 31.1 Å². The summed E-state index contributed by atoms with van der Waals surface area (Å²) >= 11 is 0. The molecule has 4 rings (SSSR count). The number of hydrogen-bond acceptors (Lipinski definition) is 4. The second-order valence-corrected chi connectivity index (χ2v) is 10.6. The van der Waals surface area contributed by atoms with E-state index in [4.69, 9.17) is 0 Å². The minimum atomic E-state index is -3.88. The van der Waals surface area contributed by atoms with E-state index in [9.17, 15) is 18.0 Å². The lowest BCUT2D eigenvalue weighted by molar-refractivity contribution is -0.122. The van der Waals surface area contributed by atoms with E-state index in [1.165, 1.54) is 23.4 Å². The SMILES string of the molecule is CC(=O)Nc1ccc(S(=O)(=O)N2CCc3ccccc3[C@@H]2CC(=O)NCc2cccc(C)c2)cc1. The molecule has 0 radical (unpaired) electrons. The molecule has 0 unspecified atom stereocenters. The van der Waals surface area contributed by atoms with Gasteiger partial charge in [-0.3, -0.25) is 9.59 Å². The van der Waals surface area contributed by atoms with Gasteiger partial charge in [0.1, 0.15) is 0 Å². The van der Waals surface area contributed by atoms with Crippen molar-refractivity contribution >= 4 is 27.5 Å². The molecule has 1 aliphatic rings. The summed E-state index contributed by atoms with van der Waals surface area (Å²) in [6.45, 7) is 4.05. The zero-order valence-corrected chi connectivity index (χ0v) is 20.6. The predicted octanol–water partition coefficient (Wildman–Crippen LogP) is 3.95. The zero-order valence-electron chi connectivity index (χ0n) is 19.8. The number of carbonyl (C=O) groups is 2. The van der Waals surface area contributed by atoms with Gasteiger partial charge in [-0.25, -0.2) is 8.42 Å². The Bertz CT molecular complexity index is 1340. The predicted molar refractivity (Wildman–Crippen MR) is 135 cm³/mol. The van der Waals surface area contributed by atoms with Crippen LogP contribution in [0.15, 0.2) is 77.7 Å². The van der Waals surface area contributed by atoms with Gasteiger partial charge in [0, 0.05) is 32.1 Å². The molecule has 3 aromatic carbocycles. The molecule has 7 nitrogen and oxygen atoms in total. The molecule has 0 aromatic heterocycles. The maximum absolute atomic E-state index is 13.6. The summed E-state index contributed by atoms with van der Waals surface area (Å²) in [4.78, 5) is 24.4. The second kappa shape index (κ2) is 10.4. The van der Waals surface area contributed by atoms with Crippen LogP contribution >= 0.6 is 0 Å². The molecule has 2 N–H and O–H groups in total. The average molecular weight is 492 g/mol. The van der Waals surface area contributed by atoms with Crippen molar-refractivity contribution in [1.82, 2.24) is 9.62 Å². The Kier molecular flexibility index (Phi) is 7.33. The van der Waals surface area contributed by atoms with Crippen molar-refractivity contribution in [2.75, 3.05) is 11.9 Å². The van der Waals surface area contributed by atoms with Crippen LogP contribution in [0.2, 0.25) is 0 Å². The van der Waals surface area contributed by atoms with Crippen LogP contribution in [0.1, 0.15) is 41.6 Å². The lowest BCUT2D eigenvalue weighted by atomic mass is 9.92. The van der Waals surface area contributed by atoms with Gasteiger partial charge in [0.2, 0.25) is 21.8 Å². The molecule has 182 valence electrons. The summed E-state index contributed by atoms with van der Waals surface area (Å²) in [7, 11) is -3.88. The van der Waals surface area contributed by atoms with Gasteiger partial charge < -0.3 is 10.6 Å². The number of amides is 2. The van der Waals surface area contributed by atoms with E-state index in [1.54, 1.807) is 12.1 Å². The number of nitrogens with zero attached hydrogens (tertiary/aromatic N) is 1. The maximum atomic E-state index is 13.6. The fourth-order valence-corrected chi connectivity index (χ4v) is 6.05. The number of hydrogen-bond donors (Lipinski definition) is 2. The van der Waals surface area contributed by atoms with E-state index in [2.05, 4.69) is 10.6 Å². The highest BCUT2D eigenvalue weighted by molar-refractivity contribution is 7.89. The summed E-state index contributed by atoms with van der Waals surface area (Å²) in [6, 6.07) is 21.1. The molecule has 3 aromatic rings. The van der Waals surface area contributed by atoms with Gasteiger partial charge >= 0.3 is 0 Å². The van der Waals surface area contributed by atoms with E-state index < -0.39 is 16.1 Å². The van der Waals surface area contributed by atoms with Gasteiger partial charge in [0.05, 0.1) is 10.9 Å². The number of fused-ring (bicyclic) bond motifs is 1. The Morgan fingerprint density at radius 3 is 2.46 bits per heavy atom. The molecule has 35 heavy (non-hydrogen) atoms. The highest BCUT2D eigenvalue weighted by Gasteiger charge is 2.37. The van der Waals surface area contributed by atoms with Gasteiger partial charge in [-0.1, -0.05) is 54.1 Å². The first kappa shape index (κ1) is 24.6. The molecule has 1 atom stereocenters. The fraction of sp³-hybridized carbons (Fsp3) is 0.259. The van der Waals surface area contributed by atoms with Crippen LogP contribution in [0.25, 0.3) is 0 Å². The normalized spacial score (nSPS) is 15.8. The van der Waals surface area contributed by atoms with E-state index in [1.807, 2.05) is 55.5 Å². The van der Waals surface area contributed by atoms with Crippen LogP contribution in [0.5, 0.6) is 0 Å².